The number of aryl methyl sites for hydroxylation is 3. The molecule has 0 aliphatic heterocycles. The summed E-state index contributed by atoms with van der Waals surface area (Å²) in [6.45, 7) is 8.95. The van der Waals surface area contributed by atoms with E-state index in [1.54, 1.807) is 80.1 Å². The number of nitrogens with one attached hydrogen (secondary N) is 1. The van der Waals surface area contributed by atoms with Crippen LogP contribution in [0.1, 0.15) is 36.6 Å². The van der Waals surface area contributed by atoms with E-state index in [4.69, 9.17) is 4.74 Å². The molecule has 0 unspecified atom stereocenters. The molecule has 0 saturated heterocycles. The van der Waals surface area contributed by atoms with Crippen LogP contribution in [0.15, 0.2) is 65.6 Å². The van der Waals surface area contributed by atoms with Gasteiger partial charge in [-0.25, -0.2) is 18.1 Å². The number of nitrogens with zero attached hydrogens (tertiary/aromatic N) is 4. The maximum atomic E-state index is 12.5. The third-order valence-electron chi connectivity index (χ3n) is 5.63. The molecule has 4 rings (SSSR count). The first-order chi connectivity index (χ1) is 17.5. The predicted molar refractivity (Wildman–Crippen MR) is 141 cm³/mol. The zero-order chi connectivity index (χ0) is 26.7. The largest absolute Gasteiger partial charge is 0.439 e. The van der Waals surface area contributed by atoms with Gasteiger partial charge in [0.2, 0.25) is 11.8 Å². The summed E-state index contributed by atoms with van der Waals surface area (Å²) in [7, 11) is -3.34. The van der Waals surface area contributed by atoms with Crippen molar-refractivity contribution in [2.24, 2.45) is 0 Å². The number of carbonyl (C=O) groups excluding carboxylic acids is 1. The van der Waals surface area contributed by atoms with Crippen LogP contribution >= 0.6 is 0 Å². The maximum absolute atomic E-state index is 12.5. The Hall–Kier alpha value is -4.05. The Morgan fingerprint density at radius 2 is 1.65 bits per heavy atom. The number of anilines is 1. The molecule has 9 nitrogen and oxygen atoms in total. The van der Waals surface area contributed by atoms with Gasteiger partial charge < -0.3 is 10.1 Å². The summed E-state index contributed by atoms with van der Waals surface area (Å²) >= 11 is 0. The van der Waals surface area contributed by atoms with Crippen LogP contribution in [0, 0.1) is 20.8 Å². The molecule has 0 bridgehead atoms. The van der Waals surface area contributed by atoms with E-state index >= 15 is 0 Å². The highest BCUT2D eigenvalue weighted by atomic mass is 32.2. The molecule has 2 heterocycles. The molecule has 37 heavy (non-hydrogen) atoms. The van der Waals surface area contributed by atoms with Crippen LogP contribution in [0.5, 0.6) is 11.6 Å². The summed E-state index contributed by atoms with van der Waals surface area (Å²) in [6.07, 6.45) is 0.121. The van der Waals surface area contributed by atoms with Crippen LogP contribution in [0.4, 0.5) is 5.69 Å². The molecule has 1 N–H and O–H groups in total. The standard InChI is InChI=1S/C27H29N5O4S/c1-17(2)37(34,35)24-12-6-21(7-13-24)15-26(33)30-22-8-10-23(11-9-22)36-27-16-25(28-20(5)29-27)32-19(4)14-18(3)31-32/h6-14,16-17H,15H2,1-5H3,(H,30,33). The van der Waals surface area contributed by atoms with Crippen molar-refractivity contribution in [1.82, 2.24) is 19.7 Å². The van der Waals surface area contributed by atoms with Crippen LogP contribution in [0.2, 0.25) is 0 Å². The van der Waals surface area contributed by atoms with Crippen molar-refractivity contribution in [3.63, 3.8) is 0 Å². The van der Waals surface area contributed by atoms with Gasteiger partial charge in [0.05, 0.1) is 22.3 Å². The minimum absolute atomic E-state index is 0.121. The highest BCUT2D eigenvalue weighted by Gasteiger charge is 2.19. The normalized spacial score (nSPS) is 11.5. The first-order valence-electron chi connectivity index (χ1n) is 11.8. The van der Waals surface area contributed by atoms with E-state index in [0.29, 0.717) is 29.0 Å². The van der Waals surface area contributed by atoms with Crippen LogP contribution in [-0.2, 0) is 21.1 Å². The van der Waals surface area contributed by atoms with Crippen molar-refractivity contribution in [1.29, 1.82) is 0 Å². The number of benzene rings is 2. The zero-order valence-corrected chi connectivity index (χ0v) is 22.2. The highest BCUT2D eigenvalue weighted by molar-refractivity contribution is 7.92. The molecule has 192 valence electrons. The molecule has 0 saturated carbocycles. The third kappa shape index (κ3) is 6.21. The van der Waals surface area contributed by atoms with Gasteiger partial charge >= 0.3 is 0 Å². The second kappa shape index (κ2) is 10.5. The number of carbonyl (C=O) groups is 1. The van der Waals surface area contributed by atoms with Crippen molar-refractivity contribution in [2.75, 3.05) is 5.32 Å². The second-order valence-corrected chi connectivity index (χ2v) is 11.5. The number of amides is 1. The van der Waals surface area contributed by atoms with Crippen molar-refractivity contribution in [3.05, 3.63) is 83.4 Å². The average molecular weight is 520 g/mol. The van der Waals surface area contributed by atoms with Gasteiger partial charge in [0.1, 0.15) is 11.6 Å². The lowest BCUT2D eigenvalue weighted by Crippen LogP contribution is -2.15. The van der Waals surface area contributed by atoms with Gasteiger partial charge in [-0.05, 0) is 82.6 Å². The lowest BCUT2D eigenvalue weighted by Gasteiger charge is -2.10. The van der Waals surface area contributed by atoms with E-state index in [1.165, 1.54) is 0 Å². The predicted octanol–water partition coefficient (Wildman–Crippen LogP) is 4.74. The Morgan fingerprint density at radius 3 is 2.24 bits per heavy atom. The zero-order valence-electron chi connectivity index (χ0n) is 21.4. The topological polar surface area (TPSA) is 116 Å². The van der Waals surface area contributed by atoms with Crippen molar-refractivity contribution in [3.8, 4) is 17.4 Å². The Labute approximate surface area is 216 Å². The molecule has 1 amide bonds. The Bertz CT molecular complexity index is 1530. The first-order valence-corrected chi connectivity index (χ1v) is 13.4. The summed E-state index contributed by atoms with van der Waals surface area (Å²) in [5, 5.41) is 6.81. The van der Waals surface area contributed by atoms with Gasteiger partial charge in [-0.1, -0.05) is 12.1 Å². The minimum atomic E-state index is -3.34. The van der Waals surface area contributed by atoms with E-state index in [1.807, 2.05) is 19.9 Å². The minimum Gasteiger partial charge on any atom is -0.439 e. The van der Waals surface area contributed by atoms with E-state index in [-0.39, 0.29) is 17.2 Å². The monoisotopic (exact) mass is 519 g/mol. The smallest absolute Gasteiger partial charge is 0.228 e. The molecular formula is C27H29N5O4S. The van der Waals surface area contributed by atoms with Crippen LogP contribution in [0.3, 0.4) is 0 Å². The fourth-order valence-corrected chi connectivity index (χ4v) is 4.79. The lowest BCUT2D eigenvalue weighted by molar-refractivity contribution is -0.115. The van der Waals surface area contributed by atoms with Crippen molar-refractivity contribution in [2.45, 2.75) is 51.2 Å². The quantitative estimate of drug-likeness (QED) is 0.357. The first kappa shape index (κ1) is 26.0. The molecule has 2 aromatic heterocycles. The number of hydrogen-bond acceptors (Lipinski definition) is 7. The SMILES string of the molecule is Cc1cc(C)n(-c2cc(Oc3ccc(NC(=O)Cc4ccc(S(=O)(=O)C(C)C)cc4)cc3)nc(C)n2)n1. The Kier molecular flexibility index (Phi) is 7.40. The van der Waals surface area contributed by atoms with Gasteiger partial charge in [-0.3, -0.25) is 4.79 Å². The summed E-state index contributed by atoms with van der Waals surface area (Å²) in [6, 6.07) is 17.0. The third-order valence-corrected chi connectivity index (χ3v) is 7.80. The van der Waals surface area contributed by atoms with Crippen LogP contribution < -0.4 is 10.1 Å². The Balaban J connectivity index is 1.39. The fraction of sp³-hybridized carbons (Fsp3) is 0.259. The molecule has 0 aliphatic rings. The molecule has 0 spiro atoms. The van der Waals surface area contributed by atoms with Crippen LogP contribution in [-0.4, -0.2) is 39.3 Å². The van der Waals surface area contributed by atoms with Gasteiger partial charge in [-0.2, -0.15) is 10.1 Å². The van der Waals surface area contributed by atoms with Gasteiger partial charge in [0, 0.05) is 17.4 Å². The van der Waals surface area contributed by atoms with E-state index < -0.39 is 15.1 Å². The highest BCUT2D eigenvalue weighted by Crippen LogP contribution is 2.24. The van der Waals surface area contributed by atoms with Crippen molar-refractivity contribution >= 4 is 21.4 Å². The molecule has 0 fully saturated rings. The number of aromatic nitrogens is 4. The molecule has 2 aromatic carbocycles. The maximum Gasteiger partial charge on any atom is 0.228 e. The van der Waals surface area contributed by atoms with E-state index in [9.17, 15) is 13.2 Å². The van der Waals surface area contributed by atoms with Gasteiger partial charge in [0.15, 0.2) is 15.7 Å². The number of rotatable bonds is 8. The summed E-state index contributed by atoms with van der Waals surface area (Å²) in [5.74, 6) is 1.90. The van der Waals surface area contributed by atoms with Crippen molar-refractivity contribution < 1.29 is 17.9 Å². The summed E-state index contributed by atoms with van der Waals surface area (Å²) in [5.41, 5.74) is 3.18. The van der Waals surface area contributed by atoms with Gasteiger partial charge in [0.25, 0.3) is 0 Å². The number of ether oxygens (including phenoxy) is 1. The Morgan fingerprint density at radius 1 is 0.973 bits per heavy atom. The summed E-state index contributed by atoms with van der Waals surface area (Å²) in [4.78, 5) is 21.6. The molecular weight excluding hydrogens is 490 g/mol. The van der Waals surface area contributed by atoms with E-state index in [0.717, 1.165) is 17.0 Å². The van der Waals surface area contributed by atoms with Gasteiger partial charge in [-0.15, -0.1) is 0 Å². The van der Waals surface area contributed by atoms with Crippen LogP contribution in [0.25, 0.3) is 5.82 Å². The number of sulfone groups is 1. The molecule has 0 aliphatic carbocycles. The lowest BCUT2D eigenvalue weighted by atomic mass is 10.1. The molecule has 4 aromatic rings. The van der Waals surface area contributed by atoms with E-state index in [2.05, 4.69) is 20.4 Å². The molecule has 0 radical (unpaired) electrons. The second-order valence-electron chi connectivity index (χ2n) is 9.04. The average Bonchev–Trinajstić information content (AvgIpc) is 3.18. The molecule has 10 heteroatoms. The fourth-order valence-electron chi connectivity index (χ4n) is 3.73. The molecule has 0 atom stereocenters. The number of hydrogen-bond donors (Lipinski definition) is 1. The summed E-state index contributed by atoms with van der Waals surface area (Å²) < 4.78 is 32.2.